The molecule has 1 aromatic rings. The Balaban J connectivity index is 1.69. The molecule has 0 unspecified atom stereocenters. The van der Waals surface area contributed by atoms with Gasteiger partial charge in [-0.2, -0.15) is 0 Å². The maximum atomic E-state index is 13.2. The zero-order chi connectivity index (χ0) is 17.5. The molecule has 0 saturated carbocycles. The number of morpholine rings is 1. The molecule has 0 aliphatic carbocycles. The normalized spacial score (nSPS) is 21.0. The highest BCUT2D eigenvalue weighted by Crippen LogP contribution is 2.21. The van der Waals surface area contributed by atoms with Gasteiger partial charge in [-0.1, -0.05) is 30.3 Å². The van der Waals surface area contributed by atoms with Crippen LogP contribution in [0.2, 0.25) is 0 Å². The molecule has 0 aromatic heterocycles. The Morgan fingerprint density at radius 1 is 1.12 bits per heavy atom. The maximum absolute atomic E-state index is 13.2. The number of hydrogen-bond donors (Lipinski definition) is 0. The summed E-state index contributed by atoms with van der Waals surface area (Å²) in [7, 11) is 0. The summed E-state index contributed by atoms with van der Waals surface area (Å²) in [5.74, 6) is 0.387. The van der Waals surface area contributed by atoms with E-state index in [-0.39, 0.29) is 17.9 Å². The van der Waals surface area contributed by atoms with Crippen molar-refractivity contribution in [3.63, 3.8) is 0 Å². The smallest absolute Gasteiger partial charge is 0.226 e. The van der Waals surface area contributed by atoms with Gasteiger partial charge in [0.2, 0.25) is 5.91 Å². The number of carbonyl (C=O) groups is 1. The first-order chi connectivity index (χ1) is 12.2. The monoisotopic (exact) mass is 346 g/mol. The summed E-state index contributed by atoms with van der Waals surface area (Å²) >= 11 is 0. The largest absolute Gasteiger partial charge is 0.381 e. The van der Waals surface area contributed by atoms with E-state index in [0.29, 0.717) is 19.8 Å². The molecule has 2 heterocycles. The van der Waals surface area contributed by atoms with Gasteiger partial charge in [0.1, 0.15) is 0 Å². The topological polar surface area (TPSA) is 42.0 Å². The average molecular weight is 346 g/mol. The lowest BCUT2D eigenvalue weighted by Gasteiger charge is -2.37. The fraction of sp³-hybridized carbons (Fsp3) is 0.650. The molecule has 5 heteroatoms. The number of benzene rings is 1. The second kappa shape index (κ2) is 9.32. The van der Waals surface area contributed by atoms with E-state index in [2.05, 4.69) is 28.9 Å². The van der Waals surface area contributed by atoms with E-state index in [1.807, 2.05) is 18.2 Å². The number of nitrogens with zero attached hydrogens (tertiary/aromatic N) is 2. The van der Waals surface area contributed by atoms with Crippen molar-refractivity contribution >= 4 is 5.91 Å². The van der Waals surface area contributed by atoms with Crippen molar-refractivity contribution < 1.29 is 14.3 Å². The highest BCUT2D eigenvalue weighted by molar-refractivity contribution is 5.79. The molecule has 0 N–H and O–H groups in total. The van der Waals surface area contributed by atoms with Gasteiger partial charge in [-0.25, -0.2) is 0 Å². The van der Waals surface area contributed by atoms with Gasteiger partial charge in [0, 0.05) is 51.4 Å². The fourth-order valence-corrected chi connectivity index (χ4v) is 3.67. The fourth-order valence-electron chi connectivity index (χ4n) is 3.67. The molecule has 2 saturated heterocycles. The predicted octanol–water partition coefficient (Wildman–Crippen LogP) is 2.16. The molecule has 1 amide bonds. The van der Waals surface area contributed by atoms with Crippen LogP contribution in [0.15, 0.2) is 30.3 Å². The quantitative estimate of drug-likeness (QED) is 0.792. The van der Waals surface area contributed by atoms with Crippen molar-refractivity contribution in [2.24, 2.45) is 5.92 Å². The van der Waals surface area contributed by atoms with Crippen LogP contribution >= 0.6 is 0 Å². The molecular weight excluding hydrogens is 316 g/mol. The van der Waals surface area contributed by atoms with Gasteiger partial charge in [0.25, 0.3) is 0 Å². The van der Waals surface area contributed by atoms with Crippen molar-refractivity contribution in [1.29, 1.82) is 0 Å². The van der Waals surface area contributed by atoms with Gasteiger partial charge in [-0.05, 0) is 25.3 Å². The molecular formula is C20H30N2O3. The van der Waals surface area contributed by atoms with Crippen molar-refractivity contribution in [3.05, 3.63) is 35.9 Å². The Kier molecular flexibility index (Phi) is 6.84. The van der Waals surface area contributed by atoms with Gasteiger partial charge in [0.15, 0.2) is 0 Å². The number of carbonyl (C=O) groups excluding carboxylic acids is 1. The third kappa shape index (κ3) is 5.27. The zero-order valence-corrected chi connectivity index (χ0v) is 15.2. The lowest BCUT2D eigenvalue weighted by molar-refractivity contribution is -0.142. The second-order valence-electron chi connectivity index (χ2n) is 7.10. The molecule has 2 aliphatic heterocycles. The first-order valence-electron chi connectivity index (χ1n) is 9.46. The number of amides is 1. The summed E-state index contributed by atoms with van der Waals surface area (Å²) in [5.41, 5.74) is 1.19. The Bertz CT molecular complexity index is 525. The van der Waals surface area contributed by atoms with Crippen LogP contribution in [0.3, 0.4) is 0 Å². The number of ether oxygens (including phenoxy) is 2. The third-order valence-electron chi connectivity index (χ3n) is 5.21. The minimum Gasteiger partial charge on any atom is -0.381 e. The minimum absolute atomic E-state index is 0.101. The lowest BCUT2D eigenvalue weighted by atomic mass is 9.97. The Hall–Kier alpha value is -1.43. The van der Waals surface area contributed by atoms with E-state index in [0.717, 1.165) is 45.7 Å². The van der Waals surface area contributed by atoms with Crippen LogP contribution in [0.4, 0.5) is 0 Å². The van der Waals surface area contributed by atoms with Crippen LogP contribution in [0, 0.1) is 5.92 Å². The molecule has 0 bridgehead atoms. The molecule has 2 fully saturated rings. The van der Waals surface area contributed by atoms with Crippen LogP contribution < -0.4 is 0 Å². The third-order valence-corrected chi connectivity index (χ3v) is 5.21. The van der Waals surface area contributed by atoms with Crippen molar-refractivity contribution in [2.75, 3.05) is 46.1 Å². The summed E-state index contributed by atoms with van der Waals surface area (Å²) in [6.45, 7) is 8.66. The summed E-state index contributed by atoms with van der Waals surface area (Å²) in [4.78, 5) is 17.7. The Morgan fingerprint density at radius 2 is 1.76 bits per heavy atom. The van der Waals surface area contributed by atoms with Crippen molar-refractivity contribution in [3.8, 4) is 0 Å². The molecule has 3 rings (SSSR count). The van der Waals surface area contributed by atoms with Crippen LogP contribution in [0.1, 0.15) is 25.3 Å². The lowest BCUT2D eigenvalue weighted by Crippen LogP contribution is -2.49. The summed E-state index contributed by atoms with van der Waals surface area (Å²) in [6, 6.07) is 10.5. The van der Waals surface area contributed by atoms with E-state index in [4.69, 9.17) is 9.47 Å². The SMILES string of the molecule is C[C@H](CN1CCOCC1)N(Cc1ccccc1)C(=O)C1CCOCC1. The summed E-state index contributed by atoms with van der Waals surface area (Å²) in [5, 5.41) is 0. The standard InChI is InChI=1S/C20H30N2O3/c1-17(15-21-9-13-25-14-10-21)22(16-18-5-3-2-4-6-18)20(23)19-7-11-24-12-8-19/h2-6,17,19H,7-16H2,1H3/t17-/m1/s1. The molecule has 138 valence electrons. The van der Waals surface area contributed by atoms with Gasteiger partial charge < -0.3 is 14.4 Å². The Labute approximate surface area is 150 Å². The van der Waals surface area contributed by atoms with E-state index in [1.165, 1.54) is 5.56 Å². The minimum atomic E-state index is 0.101. The van der Waals surface area contributed by atoms with Gasteiger partial charge in [-0.3, -0.25) is 9.69 Å². The van der Waals surface area contributed by atoms with Gasteiger partial charge >= 0.3 is 0 Å². The molecule has 5 nitrogen and oxygen atoms in total. The molecule has 2 aliphatic rings. The number of hydrogen-bond acceptors (Lipinski definition) is 4. The maximum Gasteiger partial charge on any atom is 0.226 e. The average Bonchev–Trinajstić information content (AvgIpc) is 2.68. The van der Waals surface area contributed by atoms with Crippen molar-refractivity contribution in [2.45, 2.75) is 32.4 Å². The van der Waals surface area contributed by atoms with E-state index < -0.39 is 0 Å². The van der Waals surface area contributed by atoms with Gasteiger partial charge in [0.05, 0.1) is 13.2 Å². The Morgan fingerprint density at radius 3 is 2.44 bits per heavy atom. The van der Waals surface area contributed by atoms with Crippen LogP contribution in [0.25, 0.3) is 0 Å². The van der Waals surface area contributed by atoms with E-state index >= 15 is 0 Å². The first-order valence-corrected chi connectivity index (χ1v) is 9.46. The molecule has 1 atom stereocenters. The highest BCUT2D eigenvalue weighted by Gasteiger charge is 2.30. The second-order valence-corrected chi connectivity index (χ2v) is 7.10. The van der Waals surface area contributed by atoms with Crippen LogP contribution in [-0.4, -0.2) is 67.8 Å². The molecule has 1 aromatic carbocycles. The summed E-state index contributed by atoms with van der Waals surface area (Å²) in [6.07, 6.45) is 1.68. The molecule has 25 heavy (non-hydrogen) atoms. The zero-order valence-electron chi connectivity index (χ0n) is 15.2. The number of rotatable bonds is 6. The highest BCUT2D eigenvalue weighted by atomic mass is 16.5. The van der Waals surface area contributed by atoms with Crippen LogP contribution in [-0.2, 0) is 20.8 Å². The predicted molar refractivity (Wildman–Crippen MR) is 97.3 cm³/mol. The van der Waals surface area contributed by atoms with E-state index in [1.54, 1.807) is 0 Å². The summed E-state index contributed by atoms with van der Waals surface area (Å²) < 4.78 is 10.9. The van der Waals surface area contributed by atoms with Gasteiger partial charge in [-0.15, -0.1) is 0 Å². The molecule has 0 radical (unpaired) electrons. The molecule has 0 spiro atoms. The van der Waals surface area contributed by atoms with Crippen molar-refractivity contribution in [1.82, 2.24) is 9.80 Å². The van der Waals surface area contributed by atoms with Crippen LogP contribution in [0.5, 0.6) is 0 Å². The van der Waals surface area contributed by atoms with E-state index in [9.17, 15) is 4.79 Å². The first kappa shape index (κ1) is 18.4.